The lowest BCUT2D eigenvalue weighted by molar-refractivity contribution is -0.145. The quantitative estimate of drug-likeness (QED) is 0.500. The van der Waals surface area contributed by atoms with Crippen molar-refractivity contribution in [3.05, 3.63) is 57.5 Å². The van der Waals surface area contributed by atoms with Gasteiger partial charge in [0.1, 0.15) is 18.3 Å². The number of halogens is 2. The Kier molecular flexibility index (Phi) is 7.32. The van der Waals surface area contributed by atoms with E-state index >= 15 is 0 Å². The van der Waals surface area contributed by atoms with E-state index in [-0.39, 0.29) is 31.4 Å². The highest BCUT2D eigenvalue weighted by atomic mass is 19.1. The van der Waals surface area contributed by atoms with Crippen molar-refractivity contribution in [2.45, 2.75) is 44.3 Å². The monoisotopic (exact) mass is 503 g/mol. The molecule has 10 nitrogen and oxygen atoms in total. The summed E-state index contributed by atoms with van der Waals surface area (Å²) >= 11 is 0. The van der Waals surface area contributed by atoms with E-state index in [1.54, 1.807) is 0 Å². The van der Waals surface area contributed by atoms with Crippen LogP contribution in [0.25, 0.3) is 0 Å². The standard InChI is InChI=1S/C24H27F2N5O5/c1-30(9-8-25)24(36)22(34)28-17-10-14-4-7-16(17)20-29-18(19(32)23(35)31(20)12-14)21(33)27-11-13-2-5-15(26)6-3-13/h2-3,5-6,14,16-17,32H,4,7-12H2,1H3,(H,27,33)(H,28,34). The number of hydrogen-bond donors (Lipinski definition) is 3. The van der Waals surface area contributed by atoms with Gasteiger partial charge in [0, 0.05) is 38.6 Å². The molecule has 192 valence electrons. The largest absolute Gasteiger partial charge is 0.501 e. The zero-order valence-corrected chi connectivity index (χ0v) is 19.7. The molecular weight excluding hydrogens is 476 g/mol. The highest BCUT2D eigenvalue weighted by molar-refractivity contribution is 6.35. The second-order valence-corrected chi connectivity index (χ2v) is 9.17. The molecule has 3 unspecified atom stereocenters. The maximum Gasteiger partial charge on any atom is 0.311 e. The van der Waals surface area contributed by atoms with Crippen LogP contribution in [0.5, 0.6) is 5.75 Å². The van der Waals surface area contributed by atoms with Gasteiger partial charge in [-0.05, 0) is 42.9 Å². The van der Waals surface area contributed by atoms with E-state index in [1.165, 1.54) is 35.9 Å². The molecule has 2 aliphatic heterocycles. The topological polar surface area (TPSA) is 134 Å². The molecule has 3 amide bonds. The predicted molar refractivity (Wildman–Crippen MR) is 123 cm³/mol. The Balaban J connectivity index is 1.58. The van der Waals surface area contributed by atoms with Crippen LogP contribution in [0.4, 0.5) is 8.78 Å². The summed E-state index contributed by atoms with van der Waals surface area (Å²) in [7, 11) is 1.33. The number of fused-ring (bicyclic) bond motifs is 2. The molecule has 1 aromatic heterocycles. The molecule has 2 aromatic rings. The first-order chi connectivity index (χ1) is 17.2. The van der Waals surface area contributed by atoms with Crippen molar-refractivity contribution in [3.63, 3.8) is 0 Å². The highest BCUT2D eigenvalue weighted by Crippen LogP contribution is 2.39. The third-order valence-electron chi connectivity index (χ3n) is 6.76. The predicted octanol–water partition coefficient (Wildman–Crippen LogP) is 0.828. The Morgan fingerprint density at radius 3 is 2.64 bits per heavy atom. The fourth-order valence-corrected chi connectivity index (χ4v) is 4.83. The summed E-state index contributed by atoms with van der Waals surface area (Å²) in [6.07, 6.45) is 1.77. The number of amides is 3. The average Bonchev–Trinajstić information content (AvgIpc) is 3.13. The minimum Gasteiger partial charge on any atom is -0.501 e. The summed E-state index contributed by atoms with van der Waals surface area (Å²) < 4.78 is 27.0. The number of aromatic hydroxyl groups is 1. The van der Waals surface area contributed by atoms with Gasteiger partial charge in [-0.15, -0.1) is 0 Å². The molecule has 36 heavy (non-hydrogen) atoms. The van der Waals surface area contributed by atoms with Gasteiger partial charge >= 0.3 is 11.8 Å². The van der Waals surface area contributed by atoms with Gasteiger partial charge in [-0.1, -0.05) is 12.1 Å². The van der Waals surface area contributed by atoms with E-state index in [1.807, 2.05) is 0 Å². The van der Waals surface area contributed by atoms with Crippen molar-refractivity contribution >= 4 is 17.7 Å². The van der Waals surface area contributed by atoms with Crippen molar-refractivity contribution in [3.8, 4) is 5.75 Å². The van der Waals surface area contributed by atoms with E-state index in [0.29, 0.717) is 18.4 Å². The van der Waals surface area contributed by atoms with Crippen molar-refractivity contribution in [1.29, 1.82) is 0 Å². The number of alkyl halides is 1. The fraction of sp³-hybridized carbons (Fsp3) is 0.458. The van der Waals surface area contributed by atoms with Crippen molar-refractivity contribution in [1.82, 2.24) is 25.1 Å². The molecule has 0 saturated heterocycles. The van der Waals surface area contributed by atoms with Crippen molar-refractivity contribution < 1.29 is 28.3 Å². The molecule has 12 heteroatoms. The molecule has 1 saturated carbocycles. The van der Waals surface area contributed by atoms with E-state index in [0.717, 1.165) is 11.3 Å². The lowest BCUT2D eigenvalue weighted by atomic mass is 9.79. The number of rotatable bonds is 6. The van der Waals surface area contributed by atoms with Crippen LogP contribution in [0.1, 0.15) is 47.1 Å². The normalized spacial score (nSPS) is 20.2. The number of benzene rings is 1. The maximum absolute atomic E-state index is 13.1. The minimum absolute atomic E-state index is 0.0106. The molecule has 5 rings (SSSR count). The highest BCUT2D eigenvalue weighted by Gasteiger charge is 2.41. The SMILES string of the molecule is CN(CCF)C(=O)C(=O)NC1CC2CCC1c1nc(C(=O)NCc3ccc(F)cc3)c(O)c(=O)n1C2. The van der Waals surface area contributed by atoms with E-state index < -0.39 is 59.2 Å². The number of nitrogens with zero attached hydrogens (tertiary/aromatic N) is 3. The minimum atomic E-state index is -0.881. The molecule has 3 atom stereocenters. The second kappa shape index (κ2) is 10.4. The third-order valence-corrected chi connectivity index (χ3v) is 6.76. The van der Waals surface area contributed by atoms with Crippen LogP contribution in [0, 0.1) is 11.7 Å². The van der Waals surface area contributed by atoms with Crippen LogP contribution in [-0.2, 0) is 22.7 Å². The molecule has 1 aromatic carbocycles. The zero-order valence-electron chi connectivity index (χ0n) is 19.7. The van der Waals surface area contributed by atoms with Crippen LogP contribution in [0.3, 0.4) is 0 Å². The van der Waals surface area contributed by atoms with Crippen LogP contribution < -0.4 is 16.2 Å². The molecule has 1 fully saturated rings. The Morgan fingerprint density at radius 2 is 1.94 bits per heavy atom. The van der Waals surface area contributed by atoms with Crippen molar-refractivity contribution in [2.75, 3.05) is 20.3 Å². The molecule has 3 N–H and O–H groups in total. The number of aromatic nitrogens is 2. The van der Waals surface area contributed by atoms with Gasteiger partial charge < -0.3 is 20.6 Å². The van der Waals surface area contributed by atoms with E-state index in [4.69, 9.17) is 0 Å². The summed E-state index contributed by atoms with van der Waals surface area (Å²) in [5.74, 6) is -3.96. The van der Waals surface area contributed by atoms with E-state index in [9.17, 15) is 33.1 Å². The van der Waals surface area contributed by atoms with Gasteiger partial charge in [0.25, 0.3) is 11.5 Å². The van der Waals surface area contributed by atoms with Gasteiger partial charge in [0.15, 0.2) is 5.69 Å². The van der Waals surface area contributed by atoms with Gasteiger partial charge in [0.2, 0.25) is 5.75 Å². The summed E-state index contributed by atoms with van der Waals surface area (Å²) in [4.78, 5) is 55.9. The molecule has 1 aliphatic carbocycles. The molecule has 3 heterocycles. The Hall–Kier alpha value is -3.83. The molecule has 0 radical (unpaired) electrons. The zero-order chi connectivity index (χ0) is 26.0. The van der Waals surface area contributed by atoms with Crippen LogP contribution in [-0.4, -0.2) is 63.6 Å². The Bertz CT molecular complexity index is 1230. The first-order valence-electron chi connectivity index (χ1n) is 11.7. The third kappa shape index (κ3) is 5.07. The second-order valence-electron chi connectivity index (χ2n) is 9.17. The van der Waals surface area contributed by atoms with Crippen molar-refractivity contribution in [2.24, 2.45) is 5.92 Å². The smallest absolute Gasteiger partial charge is 0.311 e. The number of carbonyl (C=O) groups is 3. The average molecular weight is 504 g/mol. The van der Waals surface area contributed by atoms with Gasteiger partial charge in [-0.2, -0.15) is 0 Å². The van der Waals surface area contributed by atoms with Gasteiger partial charge in [0.05, 0.1) is 0 Å². The number of nitrogens with one attached hydrogen (secondary N) is 2. The lowest BCUT2D eigenvalue weighted by Crippen LogP contribution is -2.49. The Labute approximate surface area is 205 Å². The fourth-order valence-electron chi connectivity index (χ4n) is 4.83. The van der Waals surface area contributed by atoms with Crippen LogP contribution >= 0.6 is 0 Å². The summed E-state index contributed by atoms with van der Waals surface area (Å²) in [6, 6.07) is 4.95. The van der Waals surface area contributed by atoms with Gasteiger partial charge in [-0.25, -0.2) is 13.8 Å². The molecule has 0 spiro atoms. The van der Waals surface area contributed by atoms with Crippen LogP contribution in [0.2, 0.25) is 0 Å². The first kappa shape index (κ1) is 25.3. The Morgan fingerprint density at radius 1 is 1.22 bits per heavy atom. The molecular formula is C24H27F2N5O5. The molecule has 2 bridgehead atoms. The van der Waals surface area contributed by atoms with E-state index in [2.05, 4.69) is 15.6 Å². The maximum atomic E-state index is 13.1. The number of carbonyl (C=O) groups excluding carboxylic acids is 3. The van der Waals surface area contributed by atoms with Gasteiger partial charge in [-0.3, -0.25) is 23.7 Å². The first-order valence-corrected chi connectivity index (χ1v) is 11.7. The lowest BCUT2D eigenvalue weighted by Gasteiger charge is -2.32. The number of likely N-dealkylation sites (N-methyl/N-ethyl adjacent to an activating group) is 1. The summed E-state index contributed by atoms with van der Waals surface area (Å²) in [5, 5.41) is 15.8. The number of hydrogen-bond acceptors (Lipinski definition) is 6. The van der Waals surface area contributed by atoms with Crippen LogP contribution in [0.15, 0.2) is 29.1 Å². The molecule has 3 aliphatic rings. The summed E-state index contributed by atoms with van der Waals surface area (Å²) in [6.45, 7) is -0.708. The summed E-state index contributed by atoms with van der Waals surface area (Å²) in [5.41, 5.74) is -0.586.